The van der Waals surface area contributed by atoms with E-state index < -0.39 is 0 Å². The molecule has 5 aromatic heterocycles. The fourth-order valence-electron chi connectivity index (χ4n) is 22.0. The fourth-order valence-corrected chi connectivity index (χ4v) is 22.0. The van der Waals surface area contributed by atoms with Crippen molar-refractivity contribution in [3.8, 4) is 72.7 Å². The van der Waals surface area contributed by atoms with Crippen LogP contribution in [0.3, 0.4) is 0 Å². The Kier molecular flexibility index (Phi) is 21.1. The van der Waals surface area contributed by atoms with Gasteiger partial charge in [-0.15, -0.1) is 0 Å². The molecule has 0 N–H and O–H groups in total. The van der Waals surface area contributed by atoms with Crippen LogP contribution in [-0.2, 0) is 5.41 Å². The zero-order valence-corrected chi connectivity index (χ0v) is 78.8. The monoisotopic (exact) mass is 1830 g/mol. The molecule has 0 amide bonds. The Morgan fingerprint density at radius 1 is 0.175 bits per heavy atom. The largest absolute Gasteiger partial charge is 0.456 e. The minimum absolute atomic E-state index is 0.106. The van der Waals surface area contributed by atoms with Gasteiger partial charge in [0.2, 0.25) is 0 Å². The minimum Gasteiger partial charge on any atom is -0.456 e. The normalized spacial score (nSPS) is 12.0. The van der Waals surface area contributed by atoms with E-state index in [1.54, 1.807) is 0 Å². The van der Waals surface area contributed by atoms with E-state index in [0.29, 0.717) is 0 Å². The molecule has 0 aliphatic heterocycles. The SMILES string of the molecule is CC1(C)c2ccc(-c3ccc(N(c4ccccc4)c4ccccc4)cc3)cc2-c2cc3c4ccccc4n(-c4ccccc4)c3cc21.c1ccc(-c2ccc(N(c3ccccc3)c3ccc4c5c6c7ccccc7n(-c7ccccc7)c6ccc5n(-c5ccccc5)c4c3)cc2)cc1.c1ccc(-c2ccc(N(c3ccccc3)c3cccc(-c4ccc5oc6c(ccc7oc8ccccc8c76)c5c4)c3)cc2)cc1. The van der Waals surface area contributed by atoms with Gasteiger partial charge >= 0.3 is 0 Å². The van der Waals surface area contributed by atoms with Crippen LogP contribution in [0.5, 0.6) is 0 Å². The summed E-state index contributed by atoms with van der Waals surface area (Å²) in [5.41, 5.74) is 39.1. The lowest BCUT2D eigenvalue weighted by Crippen LogP contribution is -2.15. The highest BCUT2D eigenvalue weighted by molar-refractivity contribution is 6.29. The molecule has 28 rings (SSSR count). The van der Waals surface area contributed by atoms with Gasteiger partial charge in [-0.3, -0.25) is 0 Å². The Labute approximate surface area is 828 Å². The van der Waals surface area contributed by atoms with E-state index in [1.807, 2.05) is 18.2 Å². The van der Waals surface area contributed by atoms with Gasteiger partial charge in [0.05, 0.1) is 38.5 Å². The van der Waals surface area contributed by atoms with Crippen LogP contribution in [0.2, 0.25) is 0 Å². The lowest BCUT2D eigenvalue weighted by molar-refractivity contribution is 0.661. The maximum absolute atomic E-state index is 6.47. The maximum atomic E-state index is 6.47. The Bertz CT molecular complexity index is 9390. The molecular formula is C135H94N6O2. The van der Waals surface area contributed by atoms with Gasteiger partial charge in [-0.2, -0.15) is 0 Å². The van der Waals surface area contributed by atoms with Crippen molar-refractivity contribution in [3.05, 3.63) is 545 Å². The third kappa shape index (κ3) is 15.0. The molecule has 5 heterocycles. The second-order valence-electron chi connectivity index (χ2n) is 37.4. The van der Waals surface area contributed by atoms with Gasteiger partial charge in [-0.1, -0.05) is 329 Å². The lowest BCUT2D eigenvalue weighted by Gasteiger charge is -2.26. The van der Waals surface area contributed by atoms with Crippen molar-refractivity contribution < 1.29 is 8.83 Å². The second kappa shape index (κ2) is 35.7. The van der Waals surface area contributed by atoms with Crippen molar-refractivity contribution in [2.45, 2.75) is 19.3 Å². The zero-order chi connectivity index (χ0) is 95.0. The first-order valence-electron chi connectivity index (χ1n) is 49.0. The predicted octanol–water partition coefficient (Wildman–Crippen LogP) is 37.5. The molecule has 0 unspecified atom stereocenters. The molecule has 0 fully saturated rings. The number of aromatic nitrogens is 3. The molecule has 0 spiro atoms. The molecule has 1 aliphatic carbocycles. The standard InChI is InChI=1S/C48H33N3.C45H34N2.C42H27NO2/c1-5-15-34(16-6-1)35-25-27-39(28-26-35)49(36-17-7-2-8-18-36)40-29-30-42-46(33-40)51(38-21-11-4-12-22-38)45-32-31-44-47(48(42)45)41-23-13-14-24-43(41)50(44)37-19-9-3-10-20-37;1-45(2)41-27-24-32(31-22-25-36(26-23-31)46(33-14-6-3-7-15-33)34-16-8-4-9-17-34)28-38(41)39-29-40-37-20-12-13-21-43(37)47(44(40)30-42(39)45)35-18-10-5-11-19-35;1-3-10-28(11-4-1)29-18-21-33(22-19-29)43(32-13-5-2-6-14-32)34-15-9-12-30(26-34)31-20-24-39-37(27-31)35-23-25-40-41(42(35)45-39)36-16-7-8-17-38(36)44-40/h1-33H;3-30H,1-2H3;1-27H. The molecule has 27 aromatic rings. The van der Waals surface area contributed by atoms with Crippen molar-refractivity contribution in [2.75, 3.05) is 14.7 Å². The van der Waals surface area contributed by atoms with Gasteiger partial charge in [0.15, 0.2) is 0 Å². The number of nitrogens with zero attached hydrogens (tertiary/aromatic N) is 6. The van der Waals surface area contributed by atoms with E-state index in [4.69, 9.17) is 8.83 Å². The predicted molar refractivity (Wildman–Crippen MR) is 600 cm³/mol. The van der Waals surface area contributed by atoms with Crippen LogP contribution >= 0.6 is 0 Å². The average Bonchev–Trinajstić information content (AvgIpc) is 1.55. The molecule has 676 valence electrons. The summed E-state index contributed by atoms with van der Waals surface area (Å²) in [4.78, 5) is 6.98. The van der Waals surface area contributed by atoms with E-state index in [2.05, 4.69) is 558 Å². The van der Waals surface area contributed by atoms with Crippen molar-refractivity contribution >= 4 is 160 Å². The minimum atomic E-state index is -0.106. The third-order valence-electron chi connectivity index (χ3n) is 28.7. The van der Waals surface area contributed by atoms with Crippen molar-refractivity contribution in [2.24, 2.45) is 0 Å². The quantitative estimate of drug-likeness (QED) is 0.0965. The van der Waals surface area contributed by atoms with Crippen LogP contribution in [0.1, 0.15) is 25.0 Å². The van der Waals surface area contributed by atoms with Gasteiger partial charge in [0.1, 0.15) is 22.3 Å². The summed E-state index contributed by atoms with van der Waals surface area (Å²) in [7, 11) is 0. The summed E-state index contributed by atoms with van der Waals surface area (Å²) < 4.78 is 19.9. The summed E-state index contributed by atoms with van der Waals surface area (Å²) in [6.45, 7) is 4.74. The topological polar surface area (TPSA) is 50.8 Å². The van der Waals surface area contributed by atoms with E-state index in [0.717, 1.165) is 118 Å². The van der Waals surface area contributed by atoms with E-state index in [-0.39, 0.29) is 5.41 Å². The highest BCUT2D eigenvalue weighted by atomic mass is 16.3. The first-order chi connectivity index (χ1) is 70.7. The molecule has 0 bridgehead atoms. The number of para-hydroxylation sites is 10. The second-order valence-corrected chi connectivity index (χ2v) is 37.4. The van der Waals surface area contributed by atoms with Crippen molar-refractivity contribution in [3.63, 3.8) is 0 Å². The van der Waals surface area contributed by atoms with Crippen LogP contribution < -0.4 is 14.7 Å². The summed E-state index contributed by atoms with van der Waals surface area (Å²) in [5.74, 6) is 0. The number of hydrogen-bond acceptors (Lipinski definition) is 5. The highest BCUT2D eigenvalue weighted by Crippen LogP contribution is 2.54. The number of fused-ring (bicyclic) bond motifs is 20. The van der Waals surface area contributed by atoms with E-state index >= 15 is 0 Å². The molecule has 1 aliphatic rings. The number of furan rings is 2. The number of rotatable bonds is 16. The summed E-state index contributed by atoms with van der Waals surface area (Å²) in [5, 5.41) is 11.9. The highest BCUT2D eigenvalue weighted by Gasteiger charge is 2.37. The zero-order valence-electron chi connectivity index (χ0n) is 78.8. The average molecular weight is 1830 g/mol. The first-order valence-corrected chi connectivity index (χ1v) is 49.0. The summed E-state index contributed by atoms with van der Waals surface area (Å²) >= 11 is 0. The summed E-state index contributed by atoms with van der Waals surface area (Å²) in [6.07, 6.45) is 0. The van der Waals surface area contributed by atoms with Crippen molar-refractivity contribution in [1.29, 1.82) is 0 Å². The number of hydrogen-bond donors (Lipinski definition) is 0. The molecule has 8 nitrogen and oxygen atoms in total. The molecule has 0 saturated heterocycles. The van der Waals surface area contributed by atoms with Crippen LogP contribution in [0.4, 0.5) is 51.2 Å². The van der Waals surface area contributed by atoms with Gasteiger partial charge in [-0.05, 0) is 285 Å². The molecule has 8 heteroatoms. The molecular weight excluding hydrogens is 1740 g/mol. The van der Waals surface area contributed by atoms with Crippen molar-refractivity contribution in [1.82, 2.24) is 13.7 Å². The van der Waals surface area contributed by atoms with Gasteiger partial charge in [0.25, 0.3) is 0 Å². The van der Waals surface area contributed by atoms with Gasteiger partial charge in [-0.25, -0.2) is 0 Å². The molecule has 22 aromatic carbocycles. The summed E-state index contributed by atoms with van der Waals surface area (Å²) in [6, 6.07) is 191. The van der Waals surface area contributed by atoms with Crippen LogP contribution in [0.25, 0.3) is 182 Å². The van der Waals surface area contributed by atoms with Crippen LogP contribution in [-0.4, -0.2) is 13.7 Å². The Hall–Kier alpha value is -18.8. The smallest absolute Gasteiger partial charge is 0.147 e. The fraction of sp³-hybridized carbons (Fsp3) is 0.0222. The Morgan fingerprint density at radius 2 is 0.510 bits per heavy atom. The first kappa shape index (κ1) is 84.7. The molecule has 0 saturated carbocycles. The molecule has 143 heavy (non-hydrogen) atoms. The van der Waals surface area contributed by atoms with Crippen LogP contribution in [0.15, 0.2) is 543 Å². The molecule has 0 atom stereocenters. The van der Waals surface area contributed by atoms with E-state index in [9.17, 15) is 0 Å². The number of anilines is 9. The lowest BCUT2D eigenvalue weighted by atomic mass is 9.82. The van der Waals surface area contributed by atoms with Gasteiger partial charge in [0, 0.05) is 122 Å². The van der Waals surface area contributed by atoms with Gasteiger partial charge < -0.3 is 37.2 Å². The number of benzene rings is 22. The van der Waals surface area contributed by atoms with Crippen LogP contribution in [0, 0.1) is 0 Å². The molecule has 0 radical (unpaired) electrons. The Morgan fingerprint density at radius 3 is 1.04 bits per heavy atom. The maximum Gasteiger partial charge on any atom is 0.147 e. The Balaban J connectivity index is 0.000000110. The third-order valence-corrected chi connectivity index (χ3v) is 28.7. The van der Waals surface area contributed by atoms with E-state index in [1.165, 1.54) is 127 Å².